The average Bonchev–Trinajstić information content (AvgIpc) is 2.14. The predicted molar refractivity (Wildman–Crippen MR) is 25.5 cm³/mol. The minimum atomic E-state index is 0.458. The van der Waals surface area contributed by atoms with Crippen LogP contribution < -0.4 is 0 Å². The highest BCUT2D eigenvalue weighted by atomic mass is 16.3. The fourth-order valence-electron chi connectivity index (χ4n) is 0.321. The molecule has 7 heavy (non-hydrogen) atoms. The maximum atomic E-state index is 4.92. The van der Waals surface area contributed by atoms with Crippen molar-refractivity contribution in [3.05, 3.63) is 24.2 Å². The van der Waals surface area contributed by atoms with E-state index in [2.05, 4.69) is 12.0 Å². The van der Waals surface area contributed by atoms with E-state index < -0.39 is 0 Å². The lowest BCUT2D eigenvalue weighted by Crippen LogP contribution is -1.55. The number of rotatable bonds is 0. The summed E-state index contributed by atoms with van der Waals surface area (Å²) in [5.41, 5.74) is 0. The summed E-state index contributed by atoms with van der Waals surface area (Å²) in [6.45, 7) is 0. The maximum absolute atomic E-state index is 4.92. The van der Waals surface area contributed by atoms with Crippen molar-refractivity contribution in [2.75, 3.05) is 0 Å². The molecule has 0 N–H and O–H groups in total. The quantitative estimate of drug-likeness (QED) is 0.435. The van der Waals surface area contributed by atoms with E-state index in [0.717, 1.165) is 0 Å². The first-order valence-electron chi connectivity index (χ1n) is 1.85. The Balaban J connectivity index is 3.04. The lowest BCUT2D eigenvalue weighted by molar-refractivity contribution is 0.554. The molecule has 0 aliphatic carbocycles. The third kappa shape index (κ3) is 0.635. The second kappa shape index (κ2) is 1.53. The van der Waals surface area contributed by atoms with E-state index in [9.17, 15) is 0 Å². The Bertz CT molecular complexity index is 167. The molecule has 33 valence electrons. The maximum Gasteiger partial charge on any atom is 0.184 e. The van der Waals surface area contributed by atoms with E-state index in [-0.39, 0.29) is 0 Å². The normalized spacial score (nSPS) is 7.86. The van der Waals surface area contributed by atoms with Crippen LogP contribution in [0.2, 0.25) is 0 Å². The van der Waals surface area contributed by atoms with Gasteiger partial charge in [0.2, 0.25) is 0 Å². The standard InChI is InChI=1S/C6H3O/c1-2-6-4-3-5-7-6/h1,3,5H. The molecule has 1 heterocycles. The van der Waals surface area contributed by atoms with E-state index in [4.69, 9.17) is 10.8 Å². The summed E-state index contributed by atoms with van der Waals surface area (Å²) in [5.74, 6) is 2.74. The molecule has 0 fully saturated rings. The highest BCUT2D eigenvalue weighted by Crippen LogP contribution is 1.92. The van der Waals surface area contributed by atoms with E-state index in [0.29, 0.717) is 5.76 Å². The molecule has 0 unspecified atom stereocenters. The number of terminal acetylenes is 1. The lowest BCUT2D eigenvalue weighted by Gasteiger charge is -1.68. The molecule has 1 rings (SSSR count). The molecule has 1 aromatic rings. The lowest BCUT2D eigenvalue weighted by atomic mass is 10.5. The molecule has 0 aliphatic heterocycles. The van der Waals surface area contributed by atoms with Gasteiger partial charge in [0.1, 0.15) is 0 Å². The molecule has 0 spiro atoms. The van der Waals surface area contributed by atoms with Gasteiger partial charge in [0, 0.05) is 6.07 Å². The van der Waals surface area contributed by atoms with Gasteiger partial charge in [-0.15, -0.1) is 6.42 Å². The SMILES string of the molecule is C#Cc1[c]cco1. The Morgan fingerprint density at radius 3 is 3.00 bits per heavy atom. The van der Waals surface area contributed by atoms with E-state index >= 15 is 0 Å². The summed E-state index contributed by atoms with van der Waals surface area (Å²) < 4.78 is 4.69. The molecule has 0 amide bonds. The number of furan rings is 1. The van der Waals surface area contributed by atoms with Crippen LogP contribution in [-0.4, -0.2) is 0 Å². The van der Waals surface area contributed by atoms with Crippen LogP contribution in [0, 0.1) is 18.4 Å². The minimum Gasteiger partial charge on any atom is -0.455 e. The summed E-state index contributed by atoms with van der Waals surface area (Å²) in [6, 6.07) is 4.32. The van der Waals surface area contributed by atoms with Crippen LogP contribution in [0.1, 0.15) is 5.76 Å². The van der Waals surface area contributed by atoms with Crippen LogP contribution in [0.5, 0.6) is 0 Å². The van der Waals surface area contributed by atoms with Crippen molar-refractivity contribution < 1.29 is 4.42 Å². The molecular weight excluding hydrogens is 88.1 g/mol. The van der Waals surface area contributed by atoms with Gasteiger partial charge in [-0.3, -0.25) is 0 Å². The Hall–Kier alpha value is -1.16. The molecule has 1 heteroatoms. The smallest absolute Gasteiger partial charge is 0.184 e. The fraction of sp³-hybridized carbons (Fsp3) is 0. The first-order valence-corrected chi connectivity index (χ1v) is 1.85. The highest BCUT2D eigenvalue weighted by Gasteiger charge is 1.82. The zero-order valence-electron chi connectivity index (χ0n) is 3.64. The Morgan fingerprint density at radius 1 is 1.86 bits per heavy atom. The van der Waals surface area contributed by atoms with Crippen LogP contribution in [0.4, 0.5) is 0 Å². The zero-order chi connectivity index (χ0) is 5.11. The van der Waals surface area contributed by atoms with Crippen LogP contribution in [0.15, 0.2) is 16.7 Å². The highest BCUT2D eigenvalue weighted by molar-refractivity contribution is 5.18. The van der Waals surface area contributed by atoms with Gasteiger partial charge < -0.3 is 4.42 Å². The summed E-state index contributed by atoms with van der Waals surface area (Å²) >= 11 is 0. The molecule has 0 atom stereocenters. The Labute approximate surface area is 42.0 Å². The van der Waals surface area contributed by atoms with Gasteiger partial charge in [-0.05, 0) is 12.0 Å². The molecule has 0 bridgehead atoms. The number of hydrogen-bond acceptors (Lipinski definition) is 1. The molecule has 1 nitrogen and oxygen atoms in total. The summed E-state index contributed by atoms with van der Waals surface area (Å²) in [6.07, 6.45) is 6.41. The minimum absolute atomic E-state index is 0.458. The van der Waals surface area contributed by atoms with Crippen molar-refractivity contribution >= 4 is 0 Å². The van der Waals surface area contributed by atoms with Crippen LogP contribution in [0.3, 0.4) is 0 Å². The predicted octanol–water partition coefficient (Wildman–Crippen LogP) is 1.06. The summed E-state index contributed by atoms with van der Waals surface area (Å²) in [5, 5.41) is 0. The third-order valence-electron chi connectivity index (χ3n) is 0.599. The molecule has 0 saturated heterocycles. The third-order valence-corrected chi connectivity index (χ3v) is 0.599. The van der Waals surface area contributed by atoms with Crippen molar-refractivity contribution in [3.8, 4) is 12.3 Å². The van der Waals surface area contributed by atoms with Crippen molar-refractivity contribution in [1.82, 2.24) is 0 Å². The van der Waals surface area contributed by atoms with Gasteiger partial charge in [0.25, 0.3) is 0 Å². The van der Waals surface area contributed by atoms with Gasteiger partial charge in [-0.1, -0.05) is 0 Å². The first-order chi connectivity index (χ1) is 3.43. The topological polar surface area (TPSA) is 13.1 Å². The largest absolute Gasteiger partial charge is 0.455 e. The number of hydrogen-bond donors (Lipinski definition) is 0. The first kappa shape index (κ1) is 4.01. The monoisotopic (exact) mass is 91.0 g/mol. The molecule has 1 aromatic heterocycles. The summed E-state index contributed by atoms with van der Waals surface area (Å²) in [7, 11) is 0. The van der Waals surface area contributed by atoms with Crippen LogP contribution in [0.25, 0.3) is 0 Å². The van der Waals surface area contributed by atoms with E-state index in [1.807, 2.05) is 0 Å². The molecule has 0 aromatic carbocycles. The Kier molecular flexibility index (Phi) is 0.874. The molecule has 0 saturated carbocycles. The fourth-order valence-corrected chi connectivity index (χ4v) is 0.321. The second-order valence-electron chi connectivity index (χ2n) is 1.04. The van der Waals surface area contributed by atoms with Crippen LogP contribution >= 0.6 is 0 Å². The second-order valence-corrected chi connectivity index (χ2v) is 1.04. The van der Waals surface area contributed by atoms with Gasteiger partial charge in [0.15, 0.2) is 5.76 Å². The van der Waals surface area contributed by atoms with Crippen molar-refractivity contribution in [3.63, 3.8) is 0 Å². The van der Waals surface area contributed by atoms with Gasteiger partial charge in [-0.25, -0.2) is 0 Å². The van der Waals surface area contributed by atoms with Gasteiger partial charge in [0.05, 0.1) is 6.26 Å². The zero-order valence-corrected chi connectivity index (χ0v) is 3.64. The average molecular weight is 91.1 g/mol. The van der Waals surface area contributed by atoms with Crippen molar-refractivity contribution in [2.45, 2.75) is 0 Å². The molecular formula is C6H3O. The summed E-state index contributed by atoms with van der Waals surface area (Å²) in [4.78, 5) is 0. The Morgan fingerprint density at radius 2 is 2.71 bits per heavy atom. The van der Waals surface area contributed by atoms with Crippen molar-refractivity contribution in [1.29, 1.82) is 0 Å². The van der Waals surface area contributed by atoms with Gasteiger partial charge >= 0.3 is 0 Å². The molecule has 0 aliphatic rings. The molecule has 1 radical (unpaired) electrons. The van der Waals surface area contributed by atoms with E-state index in [1.165, 1.54) is 6.26 Å². The van der Waals surface area contributed by atoms with Crippen LogP contribution in [-0.2, 0) is 0 Å². The van der Waals surface area contributed by atoms with Gasteiger partial charge in [-0.2, -0.15) is 0 Å². The van der Waals surface area contributed by atoms with Crippen molar-refractivity contribution in [2.24, 2.45) is 0 Å². The van der Waals surface area contributed by atoms with E-state index in [1.54, 1.807) is 6.07 Å².